The largest absolute Gasteiger partial charge is 0.469 e. The van der Waals surface area contributed by atoms with E-state index >= 15 is 0 Å². The first-order valence-electron chi connectivity index (χ1n) is 22.9. The van der Waals surface area contributed by atoms with Crippen LogP contribution in [-0.2, 0) is 28.6 Å². The molecular formula is C47H70N6O8. The van der Waals surface area contributed by atoms with Crippen LogP contribution in [0.4, 0.5) is 0 Å². The number of carbonyl (C=O) groups excluding carboxylic acids is 3. The van der Waals surface area contributed by atoms with Gasteiger partial charge in [-0.1, -0.05) is 65.2 Å². The normalized spacial score (nSPS) is 38.2. The first kappa shape index (κ1) is 45.1. The van der Waals surface area contributed by atoms with Crippen molar-refractivity contribution in [1.82, 2.24) is 14.9 Å². The molecule has 14 nitrogen and oxygen atoms in total. The Bertz CT molecular complexity index is 2100. The molecule has 14 heteroatoms. The topological polar surface area (TPSA) is 195 Å². The summed E-state index contributed by atoms with van der Waals surface area (Å²) in [4.78, 5) is 69.2. The SMILES string of the molecule is COC(=O)[C@]12CCC(C)(C)C[C@H]1C1=CC[C@@H]3[C@@]4(C)CC[C@H](NC(=O)CCCCC(=O)OC[C@H]5O[C@@H](n6cc(C)c(=O)[nH]c6=O)C[C@@H]5N=[N+]=[N-])C(C)(C)[C@@H]4CC[C@@]3(C)[C@]1(C)CC2. The summed E-state index contributed by atoms with van der Waals surface area (Å²) < 4.78 is 18.2. The van der Waals surface area contributed by atoms with Gasteiger partial charge in [0.15, 0.2) is 0 Å². The number of fused-ring (bicyclic) bond motifs is 7. The van der Waals surface area contributed by atoms with Crippen molar-refractivity contribution in [2.24, 2.45) is 55.4 Å². The second kappa shape index (κ2) is 16.3. The summed E-state index contributed by atoms with van der Waals surface area (Å²) in [6.45, 7) is 18.6. The number of aromatic amines is 1. The molecule has 0 spiro atoms. The van der Waals surface area contributed by atoms with Gasteiger partial charge in [-0.2, -0.15) is 0 Å². The maximum absolute atomic E-state index is 13.6. The number of amides is 1. The molecule has 5 fully saturated rings. The van der Waals surface area contributed by atoms with E-state index in [1.807, 2.05) is 0 Å². The van der Waals surface area contributed by atoms with Gasteiger partial charge < -0.3 is 19.5 Å². The molecule has 0 radical (unpaired) electrons. The van der Waals surface area contributed by atoms with Crippen molar-refractivity contribution in [3.63, 3.8) is 0 Å². The minimum Gasteiger partial charge on any atom is -0.469 e. The Kier molecular flexibility index (Phi) is 12.1. The lowest BCUT2D eigenvalue weighted by Gasteiger charge is -2.71. The van der Waals surface area contributed by atoms with Crippen LogP contribution in [0, 0.1) is 57.2 Å². The van der Waals surface area contributed by atoms with Crippen LogP contribution >= 0.6 is 0 Å². The van der Waals surface area contributed by atoms with E-state index in [0.29, 0.717) is 36.7 Å². The molecule has 5 aliphatic carbocycles. The average molecular weight is 847 g/mol. The monoisotopic (exact) mass is 847 g/mol. The number of rotatable bonds is 11. The molecule has 0 bridgehead atoms. The Balaban J connectivity index is 0.924. The lowest BCUT2D eigenvalue weighted by molar-refractivity contribution is -0.193. The van der Waals surface area contributed by atoms with E-state index in [2.05, 4.69) is 74.9 Å². The van der Waals surface area contributed by atoms with Gasteiger partial charge in [0, 0.05) is 42.0 Å². The number of azide groups is 1. The van der Waals surface area contributed by atoms with Crippen LogP contribution in [0.3, 0.4) is 0 Å². The van der Waals surface area contributed by atoms with Gasteiger partial charge in [-0.3, -0.25) is 28.7 Å². The lowest BCUT2D eigenvalue weighted by Crippen LogP contribution is -2.66. The van der Waals surface area contributed by atoms with Crippen molar-refractivity contribution in [1.29, 1.82) is 0 Å². The molecule has 4 saturated carbocycles. The Hall–Kier alpha value is -3.90. The second-order valence-electron chi connectivity index (χ2n) is 21.8. The minimum atomic E-state index is -0.791. The van der Waals surface area contributed by atoms with Crippen LogP contribution in [0.2, 0.25) is 0 Å². The van der Waals surface area contributed by atoms with E-state index in [4.69, 9.17) is 19.7 Å². The maximum Gasteiger partial charge on any atom is 0.330 e. The number of allylic oxidation sites excluding steroid dienone is 2. The van der Waals surface area contributed by atoms with Crippen molar-refractivity contribution in [3.8, 4) is 0 Å². The molecule has 1 aromatic rings. The number of H-pyrrole nitrogens is 1. The van der Waals surface area contributed by atoms with E-state index < -0.39 is 41.0 Å². The predicted octanol–water partition coefficient (Wildman–Crippen LogP) is 8.37. The predicted molar refractivity (Wildman–Crippen MR) is 230 cm³/mol. The van der Waals surface area contributed by atoms with Gasteiger partial charge in [-0.15, -0.1) is 0 Å². The molecule has 0 aromatic carbocycles. The molecule has 2 heterocycles. The molecular weight excluding hydrogens is 777 g/mol. The quantitative estimate of drug-likeness (QED) is 0.0553. The average Bonchev–Trinajstić information content (AvgIpc) is 3.60. The van der Waals surface area contributed by atoms with Gasteiger partial charge in [-0.05, 0) is 134 Å². The van der Waals surface area contributed by atoms with Gasteiger partial charge in [0.05, 0.1) is 18.6 Å². The Morgan fingerprint density at radius 3 is 2.43 bits per heavy atom. The summed E-state index contributed by atoms with van der Waals surface area (Å²) >= 11 is 0. The fraction of sp³-hybridized carbons (Fsp3) is 0.809. The molecule has 61 heavy (non-hydrogen) atoms. The molecule has 0 unspecified atom stereocenters. The molecule has 1 aliphatic heterocycles. The second-order valence-corrected chi connectivity index (χ2v) is 21.8. The van der Waals surface area contributed by atoms with E-state index in [1.54, 1.807) is 19.6 Å². The lowest BCUT2D eigenvalue weighted by atomic mass is 9.33. The number of aryl methyl sites for hydroxylation is 1. The number of carbonyl (C=O) groups is 3. The number of ether oxygens (including phenoxy) is 3. The van der Waals surface area contributed by atoms with Gasteiger partial charge in [0.2, 0.25) is 5.91 Å². The van der Waals surface area contributed by atoms with Crippen LogP contribution < -0.4 is 16.6 Å². The molecule has 2 N–H and O–H groups in total. The zero-order valence-corrected chi connectivity index (χ0v) is 38.1. The Morgan fingerprint density at radius 2 is 1.70 bits per heavy atom. The Morgan fingerprint density at radius 1 is 0.984 bits per heavy atom. The standard InChI is InChI=1S/C47H70N6O8/c1-28-26-53(41(58)50-39(28)56)37-24-31(51-52-48)32(61-37)27-60-38(55)13-11-10-12-36(54)49-35-17-18-44(6)33(43(35,4)5)16-19-46(8)34(44)15-14-29-30-25-42(2,3)20-22-47(30,40(57)59-9)23-21-45(29,46)7/h14,26,30-35,37H,10-13,15-25,27H2,1-9H3,(H,49,54)(H,50,56,58)/t30-,31-,32+,33-,34+,35-,37+,44-,45+,46+,47-/m0/s1. The first-order valence-corrected chi connectivity index (χ1v) is 22.9. The fourth-order valence-electron chi connectivity index (χ4n) is 14.2. The zero-order valence-electron chi connectivity index (χ0n) is 38.1. The number of methoxy groups -OCH3 is 1. The highest BCUT2D eigenvalue weighted by Gasteiger charge is 2.69. The van der Waals surface area contributed by atoms with Gasteiger partial charge in [0.25, 0.3) is 5.56 Å². The molecule has 1 saturated heterocycles. The van der Waals surface area contributed by atoms with E-state index in [9.17, 15) is 24.0 Å². The molecule has 1 aromatic heterocycles. The molecule has 1 amide bonds. The van der Waals surface area contributed by atoms with E-state index in [-0.39, 0.29) is 70.4 Å². The highest BCUT2D eigenvalue weighted by atomic mass is 16.6. The van der Waals surface area contributed by atoms with E-state index in [0.717, 1.165) is 64.2 Å². The molecule has 11 atom stereocenters. The number of hydrogen-bond acceptors (Lipinski definition) is 9. The van der Waals surface area contributed by atoms with Gasteiger partial charge >= 0.3 is 17.6 Å². The van der Waals surface area contributed by atoms with Crippen LogP contribution in [0.5, 0.6) is 0 Å². The summed E-state index contributed by atoms with van der Waals surface area (Å²) in [7, 11) is 1.57. The number of nitrogens with zero attached hydrogens (tertiary/aromatic N) is 4. The number of aromatic nitrogens is 2. The molecule has 6 aliphatic rings. The summed E-state index contributed by atoms with van der Waals surface area (Å²) in [5, 5.41) is 7.23. The molecule has 336 valence electrons. The van der Waals surface area contributed by atoms with Crippen molar-refractivity contribution in [2.45, 2.75) is 176 Å². The highest BCUT2D eigenvalue weighted by molar-refractivity contribution is 5.79. The number of nitrogens with one attached hydrogen (secondary N) is 2. The number of esters is 2. The fourth-order valence-corrected chi connectivity index (χ4v) is 14.2. The number of unbranched alkanes of at least 4 members (excludes halogenated alkanes) is 1. The van der Waals surface area contributed by atoms with Crippen molar-refractivity contribution >= 4 is 17.8 Å². The molecule has 7 rings (SSSR count). The third kappa shape index (κ3) is 7.69. The van der Waals surface area contributed by atoms with Crippen LogP contribution in [-0.4, -0.2) is 59.3 Å². The third-order valence-electron chi connectivity index (χ3n) is 17.9. The smallest absolute Gasteiger partial charge is 0.330 e. The third-order valence-corrected chi connectivity index (χ3v) is 17.9. The number of hydrogen-bond donors (Lipinski definition) is 2. The van der Waals surface area contributed by atoms with Crippen molar-refractivity contribution < 1.29 is 28.6 Å². The van der Waals surface area contributed by atoms with Crippen molar-refractivity contribution in [3.05, 3.63) is 54.7 Å². The van der Waals surface area contributed by atoms with Crippen LogP contribution in [0.15, 0.2) is 32.5 Å². The summed E-state index contributed by atoms with van der Waals surface area (Å²) in [5.41, 5.74) is 9.78. The zero-order chi connectivity index (χ0) is 44.3. The highest BCUT2D eigenvalue weighted by Crippen LogP contribution is 2.75. The summed E-state index contributed by atoms with van der Waals surface area (Å²) in [6.07, 6.45) is 14.3. The maximum atomic E-state index is 13.6. The van der Waals surface area contributed by atoms with Crippen molar-refractivity contribution in [2.75, 3.05) is 13.7 Å². The van der Waals surface area contributed by atoms with Gasteiger partial charge in [-0.25, -0.2) is 4.79 Å². The minimum absolute atomic E-state index is 0.00674. The first-order chi connectivity index (χ1) is 28.7. The summed E-state index contributed by atoms with van der Waals surface area (Å²) in [6, 6.07) is -0.606. The Labute approximate surface area is 360 Å². The van der Waals surface area contributed by atoms with Gasteiger partial charge in [0.1, 0.15) is 18.9 Å². The summed E-state index contributed by atoms with van der Waals surface area (Å²) in [5.74, 6) is 0.755. The van der Waals surface area contributed by atoms with Crippen LogP contribution in [0.1, 0.15) is 157 Å². The van der Waals surface area contributed by atoms with Crippen LogP contribution in [0.25, 0.3) is 10.4 Å². The van der Waals surface area contributed by atoms with E-state index in [1.165, 1.54) is 10.8 Å².